The zero-order valence-electron chi connectivity index (χ0n) is 19.5. The van der Waals surface area contributed by atoms with Gasteiger partial charge < -0.3 is 25.8 Å². The second-order valence-corrected chi connectivity index (χ2v) is 8.12. The number of amides is 3. The van der Waals surface area contributed by atoms with Crippen LogP contribution in [0.5, 0.6) is 0 Å². The van der Waals surface area contributed by atoms with Crippen LogP contribution >= 0.6 is 0 Å². The molecule has 1 saturated heterocycles. The molecular formula is C25H34FN5O2. The molecule has 0 spiro atoms. The van der Waals surface area contributed by atoms with Crippen molar-refractivity contribution in [3.63, 3.8) is 0 Å². The minimum atomic E-state index is -0.571. The van der Waals surface area contributed by atoms with E-state index < -0.39 is 11.8 Å². The van der Waals surface area contributed by atoms with Crippen LogP contribution in [0.15, 0.2) is 42.5 Å². The number of hydrogen-bond acceptors (Lipinski definition) is 4. The predicted octanol–water partition coefficient (Wildman–Crippen LogP) is 4.53. The Morgan fingerprint density at radius 1 is 1.00 bits per heavy atom. The Labute approximate surface area is 195 Å². The fraction of sp³-hybridized carbons (Fsp3) is 0.440. The van der Waals surface area contributed by atoms with E-state index in [-0.39, 0.29) is 11.6 Å². The quantitative estimate of drug-likeness (QED) is 0.519. The van der Waals surface area contributed by atoms with Crippen LogP contribution in [-0.2, 0) is 0 Å². The van der Waals surface area contributed by atoms with E-state index >= 15 is 0 Å². The Kier molecular flexibility index (Phi) is 9.06. The third-order valence-corrected chi connectivity index (χ3v) is 5.93. The topological polar surface area (TPSA) is 76.7 Å². The number of anilines is 3. The molecule has 0 bridgehead atoms. The van der Waals surface area contributed by atoms with Gasteiger partial charge in [-0.15, -0.1) is 0 Å². The Hall–Kier alpha value is -3.13. The van der Waals surface area contributed by atoms with Gasteiger partial charge in [-0.3, -0.25) is 4.79 Å². The molecule has 2 aromatic carbocycles. The van der Waals surface area contributed by atoms with E-state index in [9.17, 15) is 14.0 Å². The first-order chi connectivity index (χ1) is 16.0. The summed E-state index contributed by atoms with van der Waals surface area (Å²) in [6.07, 6.45) is 3.37. The Morgan fingerprint density at radius 3 is 2.42 bits per heavy atom. The minimum absolute atomic E-state index is 0.0919. The summed E-state index contributed by atoms with van der Waals surface area (Å²) in [6, 6.07) is 10.7. The summed E-state index contributed by atoms with van der Waals surface area (Å²) in [5.41, 5.74) is 1.96. The molecule has 8 heteroatoms. The van der Waals surface area contributed by atoms with E-state index in [1.165, 1.54) is 18.6 Å². The van der Waals surface area contributed by atoms with Gasteiger partial charge in [0.25, 0.3) is 5.91 Å². The second-order valence-electron chi connectivity index (χ2n) is 8.12. The largest absolute Gasteiger partial charge is 0.371 e. The van der Waals surface area contributed by atoms with E-state index in [0.717, 1.165) is 51.3 Å². The van der Waals surface area contributed by atoms with Crippen molar-refractivity contribution in [3.8, 4) is 0 Å². The maximum atomic E-state index is 13.8. The molecule has 0 radical (unpaired) electrons. The lowest BCUT2D eigenvalue weighted by Crippen LogP contribution is -2.36. The predicted molar refractivity (Wildman–Crippen MR) is 132 cm³/mol. The SMILES string of the molecule is CCN(CC)CCNC(=O)c1cc(NC(=O)Nc2ccccc2F)ccc1N1CCCCC1. The molecule has 0 aliphatic carbocycles. The first-order valence-electron chi connectivity index (χ1n) is 11.7. The van der Waals surface area contributed by atoms with Gasteiger partial charge in [0.15, 0.2) is 0 Å². The number of hydrogen-bond donors (Lipinski definition) is 3. The molecule has 1 heterocycles. The van der Waals surface area contributed by atoms with Crippen molar-refractivity contribution in [1.82, 2.24) is 10.2 Å². The van der Waals surface area contributed by atoms with Gasteiger partial charge in [-0.2, -0.15) is 0 Å². The first kappa shape index (κ1) is 24.5. The third kappa shape index (κ3) is 6.92. The standard InChI is InChI=1S/C25H34FN5O2/c1-3-30(4-2)17-14-27-24(32)20-18-19(12-13-23(20)31-15-8-5-9-16-31)28-25(33)29-22-11-7-6-10-21(22)26/h6-7,10-13,18H,3-5,8-9,14-17H2,1-2H3,(H,27,32)(H2,28,29,33). The van der Waals surface area contributed by atoms with E-state index in [4.69, 9.17) is 0 Å². The van der Waals surface area contributed by atoms with Crippen molar-refractivity contribution in [1.29, 1.82) is 0 Å². The van der Waals surface area contributed by atoms with Crippen molar-refractivity contribution in [2.45, 2.75) is 33.1 Å². The smallest absolute Gasteiger partial charge is 0.323 e. The summed E-state index contributed by atoms with van der Waals surface area (Å²) in [7, 11) is 0. The van der Waals surface area contributed by atoms with Gasteiger partial charge >= 0.3 is 6.03 Å². The van der Waals surface area contributed by atoms with Crippen molar-refractivity contribution in [3.05, 3.63) is 53.8 Å². The lowest BCUT2D eigenvalue weighted by molar-refractivity contribution is 0.0949. The van der Waals surface area contributed by atoms with Crippen molar-refractivity contribution in [2.75, 3.05) is 54.8 Å². The number of carbonyl (C=O) groups is 2. The Morgan fingerprint density at radius 2 is 1.73 bits per heavy atom. The average molecular weight is 456 g/mol. The minimum Gasteiger partial charge on any atom is -0.371 e. The normalized spacial score (nSPS) is 13.6. The van der Waals surface area contributed by atoms with Crippen molar-refractivity contribution < 1.29 is 14.0 Å². The molecule has 7 nitrogen and oxygen atoms in total. The van der Waals surface area contributed by atoms with Crippen LogP contribution in [-0.4, -0.2) is 56.1 Å². The molecular weight excluding hydrogens is 421 g/mol. The van der Waals surface area contributed by atoms with Gasteiger partial charge in [0.1, 0.15) is 5.82 Å². The summed E-state index contributed by atoms with van der Waals surface area (Å²) >= 11 is 0. The number of benzene rings is 2. The molecule has 0 saturated carbocycles. The highest BCUT2D eigenvalue weighted by atomic mass is 19.1. The van der Waals surface area contributed by atoms with Crippen LogP contribution < -0.4 is 20.9 Å². The number of nitrogens with one attached hydrogen (secondary N) is 3. The number of piperidine rings is 1. The molecule has 1 aliphatic heterocycles. The average Bonchev–Trinajstić information content (AvgIpc) is 2.83. The number of nitrogens with zero attached hydrogens (tertiary/aromatic N) is 2. The van der Waals surface area contributed by atoms with E-state index in [2.05, 4.69) is 39.6 Å². The third-order valence-electron chi connectivity index (χ3n) is 5.93. The van der Waals surface area contributed by atoms with Gasteiger partial charge in [0.05, 0.1) is 11.3 Å². The van der Waals surface area contributed by atoms with Gasteiger partial charge in [0.2, 0.25) is 0 Å². The summed E-state index contributed by atoms with van der Waals surface area (Å²) < 4.78 is 13.8. The number of halogens is 1. The van der Waals surface area contributed by atoms with Gasteiger partial charge in [-0.05, 0) is 62.7 Å². The summed E-state index contributed by atoms with van der Waals surface area (Å²) in [5.74, 6) is -0.678. The van der Waals surface area contributed by atoms with Crippen LogP contribution in [0.25, 0.3) is 0 Å². The monoisotopic (exact) mass is 455 g/mol. The molecule has 3 rings (SSSR count). The Bertz CT molecular complexity index is 942. The van der Waals surface area contributed by atoms with Gasteiger partial charge in [-0.25, -0.2) is 9.18 Å². The number of likely N-dealkylation sites (N-methyl/N-ethyl adjacent to an activating group) is 1. The summed E-state index contributed by atoms with van der Waals surface area (Å²) in [5, 5.41) is 8.24. The molecule has 1 fully saturated rings. The fourth-order valence-corrected chi connectivity index (χ4v) is 4.02. The maximum Gasteiger partial charge on any atom is 0.323 e. The molecule has 1 aliphatic rings. The van der Waals surface area contributed by atoms with Crippen molar-refractivity contribution in [2.24, 2.45) is 0 Å². The lowest BCUT2D eigenvalue weighted by atomic mass is 10.1. The maximum absolute atomic E-state index is 13.8. The van der Waals surface area contributed by atoms with E-state index in [0.29, 0.717) is 17.8 Å². The highest BCUT2D eigenvalue weighted by molar-refractivity contribution is 6.04. The second kappa shape index (κ2) is 12.2. The van der Waals surface area contributed by atoms with E-state index in [1.54, 1.807) is 24.3 Å². The van der Waals surface area contributed by atoms with Gasteiger partial charge in [0, 0.05) is 37.6 Å². The number of rotatable bonds is 9. The van der Waals surface area contributed by atoms with Crippen LogP contribution in [0, 0.1) is 5.82 Å². The van der Waals surface area contributed by atoms with Crippen LogP contribution in [0.2, 0.25) is 0 Å². The van der Waals surface area contributed by atoms with E-state index in [1.807, 2.05) is 6.07 Å². The highest BCUT2D eigenvalue weighted by Crippen LogP contribution is 2.27. The Balaban J connectivity index is 1.74. The zero-order chi connectivity index (χ0) is 23.6. The van der Waals surface area contributed by atoms with Crippen LogP contribution in [0.1, 0.15) is 43.5 Å². The molecule has 3 amide bonds. The summed E-state index contributed by atoms with van der Waals surface area (Å²) in [6.45, 7) is 9.19. The number of carbonyl (C=O) groups excluding carboxylic acids is 2. The molecule has 0 aromatic heterocycles. The highest BCUT2D eigenvalue weighted by Gasteiger charge is 2.20. The van der Waals surface area contributed by atoms with Crippen LogP contribution in [0.3, 0.4) is 0 Å². The molecule has 0 unspecified atom stereocenters. The molecule has 33 heavy (non-hydrogen) atoms. The summed E-state index contributed by atoms with van der Waals surface area (Å²) in [4.78, 5) is 30.0. The first-order valence-corrected chi connectivity index (χ1v) is 11.7. The molecule has 178 valence electrons. The fourth-order valence-electron chi connectivity index (χ4n) is 4.02. The molecule has 2 aromatic rings. The number of urea groups is 1. The van der Waals surface area contributed by atoms with Crippen LogP contribution in [0.4, 0.5) is 26.2 Å². The molecule has 0 atom stereocenters. The number of para-hydroxylation sites is 1. The van der Waals surface area contributed by atoms with Gasteiger partial charge in [-0.1, -0.05) is 26.0 Å². The molecule has 3 N–H and O–H groups in total. The zero-order valence-corrected chi connectivity index (χ0v) is 19.5. The van der Waals surface area contributed by atoms with Crippen molar-refractivity contribution >= 4 is 29.0 Å². The lowest BCUT2D eigenvalue weighted by Gasteiger charge is -2.30.